The first-order valence-electron chi connectivity index (χ1n) is 5.22. The van der Waals surface area contributed by atoms with Gasteiger partial charge in [-0.25, -0.2) is 0 Å². The molecule has 1 saturated carbocycles. The van der Waals surface area contributed by atoms with Gasteiger partial charge >= 0.3 is 0 Å². The number of aliphatic hydroxyl groups is 1. The summed E-state index contributed by atoms with van der Waals surface area (Å²) in [6, 6.07) is 0. The Morgan fingerprint density at radius 3 is 2.77 bits per heavy atom. The Bertz CT molecular complexity index is 193. The van der Waals surface area contributed by atoms with Crippen molar-refractivity contribution >= 4 is 7.28 Å². The fraction of sp³-hybridized carbons (Fsp3) is 1.00. The average Bonchev–Trinajstić information content (AvgIpc) is 2.19. The van der Waals surface area contributed by atoms with E-state index in [1.165, 1.54) is 6.42 Å². The predicted octanol–water partition coefficient (Wildman–Crippen LogP) is 1.54. The molecule has 0 spiro atoms. The molecular formula is C10H18BO2. The maximum absolute atomic E-state index is 9.39. The molecule has 0 aromatic heterocycles. The van der Waals surface area contributed by atoms with Gasteiger partial charge in [-0.2, -0.15) is 0 Å². The zero-order chi connectivity index (χ0) is 9.47. The lowest BCUT2D eigenvalue weighted by molar-refractivity contribution is -0.135. The smallest absolute Gasteiger partial charge is 0.147 e. The zero-order valence-electron chi connectivity index (χ0n) is 8.49. The molecular weight excluding hydrogens is 163 g/mol. The molecule has 0 aromatic carbocycles. The van der Waals surface area contributed by atoms with Crippen molar-refractivity contribution in [3.8, 4) is 0 Å². The molecule has 2 bridgehead atoms. The zero-order valence-corrected chi connectivity index (χ0v) is 8.49. The molecule has 3 heteroatoms. The number of rotatable bonds is 0. The van der Waals surface area contributed by atoms with Crippen molar-refractivity contribution in [1.29, 1.82) is 0 Å². The molecule has 73 valence electrons. The molecule has 3 aliphatic rings. The quantitative estimate of drug-likeness (QED) is 0.574. The first-order chi connectivity index (χ1) is 6.10. The van der Waals surface area contributed by atoms with E-state index in [4.69, 9.17) is 4.74 Å². The summed E-state index contributed by atoms with van der Waals surface area (Å²) in [7, 11) is 2.18. The van der Waals surface area contributed by atoms with Crippen molar-refractivity contribution < 1.29 is 9.84 Å². The highest BCUT2D eigenvalue weighted by Gasteiger charge is 2.47. The van der Waals surface area contributed by atoms with Gasteiger partial charge in [0.25, 0.3) is 0 Å². The normalized spacial score (nSPS) is 43.5. The summed E-state index contributed by atoms with van der Waals surface area (Å²) in [6.45, 7) is 5.37. The van der Waals surface area contributed by atoms with Crippen LogP contribution in [0.25, 0.3) is 0 Å². The summed E-state index contributed by atoms with van der Waals surface area (Å²) in [4.78, 5) is 0. The topological polar surface area (TPSA) is 29.5 Å². The second kappa shape index (κ2) is 3.28. The van der Waals surface area contributed by atoms with Crippen LogP contribution in [-0.4, -0.2) is 25.3 Å². The van der Waals surface area contributed by atoms with Crippen LogP contribution in [0.1, 0.15) is 20.3 Å². The van der Waals surface area contributed by atoms with Crippen LogP contribution in [0.4, 0.5) is 0 Å². The molecule has 0 amide bonds. The number of aliphatic hydroxyl groups excluding tert-OH is 1. The summed E-state index contributed by atoms with van der Waals surface area (Å²) in [5.74, 6) is 1.46. The van der Waals surface area contributed by atoms with Crippen molar-refractivity contribution in [3.05, 3.63) is 0 Å². The number of fused-ring (bicyclic) bond motifs is 5. The SMILES string of the molecule is CC1(C)C2C[B]CC(O)OCC1C2. The highest BCUT2D eigenvalue weighted by Crippen LogP contribution is 2.53. The second-order valence-corrected chi connectivity index (χ2v) is 5.00. The van der Waals surface area contributed by atoms with E-state index in [9.17, 15) is 5.11 Å². The van der Waals surface area contributed by atoms with Crippen LogP contribution in [0.15, 0.2) is 0 Å². The number of hydrogen-bond donors (Lipinski definition) is 1. The lowest BCUT2D eigenvalue weighted by atomic mass is 9.48. The second-order valence-electron chi connectivity index (χ2n) is 5.00. The van der Waals surface area contributed by atoms with Crippen LogP contribution >= 0.6 is 0 Å². The van der Waals surface area contributed by atoms with Gasteiger partial charge in [0.1, 0.15) is 13.6 Å². The van der Waals surface area contributed by atoms with Gasteiger partial charge in [0, 0.05) is 0 Å². The van der Waals surface area contributed by atoms with E-state index in [-0.39, 0.29) is 0 Å². The Morgan fingerprint density at radius 2 is 2.08 bits per heavy atom. The van der Waals surface area contributed by atoms with E-state index in [2.05, 4.69) is 21.1 Å². The van der Waals surface area contributed by atoms with Crippen LogP contribution in [0.2, 0.25) is 12.6 Å². The molecule has 3 unspecified atom stereocenters. The molecule has 2 saturated heterocycles. The molecule has 2 aliphatic heterocycles. The van der Waals surface area contributed by atoms with Crippen LogP contribution in [0, 0.1) is 17.3 Å². The molecule has 1 radical (unpaired) electrons. The first-order valence-corrected chi connectivity index (χ1v) is 5.22. The standard InChI is InChI=1S/C10H18BO2/c1-10(2)7-3-8(10)6-13-9(12)5-11-4-7/h7-9,12H,3-6H2,1-2H3. The molecule has 0 aromatic rings. The fourth-order valence-electron chi connectivity index (χ4n) is 2.54. The minimum Gasteiger partial charge on any atom is -0.369 e. The van der Waals surface area contributed by atoms with Crippen molar-refractivity contribution in [3.63, 3.8) is 0 Å². The van der Waals surface area contributed by atoms with Crippen LogP contribution in [-0.2, 0) is 4.74 Å². The maximum Gasteiger partial charge on any atom is 0.147 e. The van der Waals surface area contributed by atoms with Gasteiger partial charge in [0.15, 0.2) is 0 Å². The van der Waals surface area contributed by atoms with E-state index >= 15 is 0 Å². The highest BCUT2D eigenvalue weighted by atomic mass is 16.6. The molecule has 3 fully saturated rings. The third-order valence-electron chi connectivity index (χ3n) is 3.98. The lowest BCUT2D eigenvalue weighted by Crippen LogP contribution is -2.46. The van der Waals surface area contributed by atoms with E-state index in [1.54, 1.807) is 0 Å². The van der Waals surface area contributed by atoms with E-state index in [0.29, 0.717) is 17.7 Å². The van der Waals surface area contributed by atoms with Crippen LogP contribution < -0.4 is 0 Å². The van der Waals surface area contributed by atoms with Gasteiger partial charge < -0.3 is 9.84 Å². The Kier molecular flexibility index (Phi) is 2.41. The Morgan fingerprint density at radius 1 is 1.31 bits per heavy atom. The molecule has 2 heterocycles. The number of ether oxygens (including phenoxy) is 1. The van der Waals surface area contributed by atoms with E-state index in [0.717, 1.165) is 18.8 Å². The third kappa shape index (κ3) is 1.64. The average molecular weight is 181 g/mol. The molecule has 3 atom stereocenters. The Hall–Kier alpha value is -0.0151. The van der Waals surface area contributed by atoms with Crippen molar-refractivity contribution in [1.82, 2.24) is 0 Å². The molecule has 3 rings (SSSR count). The lowest BCUT2D eigenvalue weighted by Gasteiger charge is -2.52. The summed E-state index contributed by atoms with van der Waals surface area (Å²) < 4.78 is 5.37. The van der Waals surface area contributed by atoms with Crippen LogP contribution in [0.5, 0.6) is 0 Å². The van der Waals surface area contributed by atoms with Gasteiger partial charge in [-0.1, -0.05) is 20.2 Å². The summed E-state index contributed by atoms with van der Waals surface area (Å²) in [5.41, 5.74) is 0.417. The Labute approximate surface area is 80.9 Å². The Balaban J connectivity index is 2.00. The highest BCUT2D eigenvalue weighted by molar-refractivity contribution is 6.35. The van der Waals surface area contributed by atoms with E-state index < -0.39 is 6.29 Å². The van der Waals surface area contributed by atoms with Gasteiger partial charge in [0.05, 0.1) is 6.61 Å². The monoisotopic (exact) mass is 181 g/mol. The summed E-state index contributed by atoms with van der Waals surface area (Å²) in [6.07, 6.45) is 2.55. The minimum atomic E-state index is -0.560. The van der Waals surface area contributed by atoms with Crippen molar-refractivity contribution in [2.24, 2.45) is 17.3 Å². The summed E-state index contributed by atoms with van der Waals surface area (Å²) in [5, 5.41) is 9.39. The number of hydrogen-bond acceptors (Lipinski definition) is 2. The van der Waals surface area contributed by atoms with Crippen LogP contribution in [0.3, 0.4) is 0 Å². The van der Waals surface area contributed by atoms with Crippen molar-refractivity contribution in [2.45, 2.75) is 39.2 Å². The fourth-order valence-corrected chi connectivity index (χ4v) is 2.54. The molecule has 13 heavy (non-hydrogen) atoms. The molecule has 1 N–H and O–H groups in total. The van der Waals surface area contributed by atoms with E-state index in [1.807, 2.05) is 0 Å². The largest absolute Gasteiger partial charge is 0.369 e. The minimum absolute atomic E-state index is 0.417. The molecule has 1 aliphatic carbocycles. The van der Waals surface area contributed by atoms with Crippen molar-refractivity contribution in [2.75, 3.05) is 6.61 Å². The van der Waals surface area contributed by atoms with Gasteiger partial charge in [-0.15, -0.1) is 0 Å². The first kappa shape index (κ1) is 9.54. The van der Waals surface area contributed by atoms with Gasteiger partial charge in [0.2, 0.25) is 0 Å². The predicted molar refractivity (Wildman–Crippen MR) is 52.7 cm³/mol. The summed E-state index contributed by atoms with van der Waals surface area (Å²) >= 11 is 0. The van der Waals surface area contributed by atoms with Gasteiger partial charge in [-0.3, -0.25) is 0 Å². The van der Waals surface area contributed by atoms with Gasteiger partial charge in [-0.05, 0) is 30.0 Å². The molecule has 2 nitrogen and oxygen atoms in total. The third-order valence-corrected chi connectivity index (χ3v) is 3.98. The maximum atomic E-state index is 9.39.